The van der Waals surface area contributed by atoms with Crippen LogP contribution in [-0.4, -0.2) is 42.0 Å². The van der Waals surface area contributed by atoms with E-state index in [9.17, 15) is 18.0 Å². The molecule has 164 valence electrons. The third kappa shape index (κ3) is 3.64. The molecule has 32 heavy (non-hydrogen) atoms. The Morgan fingerprint density at radius 2 is 1.75 bits per heavy atom. The molecule has 0 saturated carbocycles. The van der Waals surface area contributed by atoms with Gasteiger partial charge in [-0.15, -0.1) is 0 Å². The van der Waals surface area contributed by atoms with Crippen LogP contribution in [0.5, 0.6) is 0 Å². The SMILES string of the molecule is O=C(c1cc2c(ccc3ccccc32)o1)N1CCN(c2ncc(C(F)(F)F)cc2Cl)CC1. The van der Waals surface area contributed by atoms with Crippen molar-refractivity contribution in [2.45, 2.75) is 6.18 Å². The lowest BCUT2D eigenvalue weighted by atomic mass is 10.1. The van der Waals surface area contributed by atoms with E-state index in [1.54, 1.807) is 15.9 Å². The molecule has 5 rings (SSSR count). The summed E-state index contributed by atoms with van der Waals surface area (Å²) in [5.74, 6) is 0.314. The molecule has 0 atom stereocenters. The van der Waals surface area contributed by atoms with Gasteiger partial charge in [0.25, 0.3) is 5.91 Å². The zero-order chi connectivity index (χ0) is 22.5. The second kappa shape index (κ2) is 7.70. The molecular weight excluding hydrogens is 443 g/mol. The number of fused-ring (bicyclic) bond motifs is 3. The smallest absolute Gasteiger partial charge is 0.417 e. The first-order valence-electron chi connectivity index (χ1n) is 9.99. The molecular formula is C23H17ClF3N3O2. The quantitative estimate of drug-likeness (QED) is 0.390. The van der Waals surface area contributed by atoms with E-state index in [2.05, 4.69) is 4.98 Å². The molecule has 0 radical (unpaired) electrons. The third-order valence-electron chi connectivity index (χ3n) is 5.65. The van der Waals surface area contributed by atoms with Crippen LogP contribution >= 0.6 is 11.6 Å². The standard InChI is InChI=1S/C23H17ClF3N3O2/c24-18-11-15(23(25,26)27)13-28-21(18)29-7-9-30(10-8-29)22(31)20-12-17-16-4-2-1-3-14(16)5-6-19(17)32-20/h1-6,11-13H,7-10H2. The number of hydrogen-bond acceptors (Lipinski definition) is 4. The van der Waals surface area contributed by atoms with Crippen molar-refractivity contribution in [3.05, 3.63) is 71.1 Å². The first-order chi connectivity index (χ1) is 15.3. The number of benzene rings is 2. The molecule has 1 saturated heterocycles. The Balaban J connectivity index is 1.32. The highest BCUT2D eigenvalue weighted by atomic mass is 35.5. The van der Waals surface area contributed by atoms with Gasteiger partial charge in [-0.25, -0.2) is 4.98 Å². The summed E-state index contributed by atoms with van der Waals surface area (Å²) in [6, 6.07) is 14.3. The zero-order valence-electron chi connectivity index (χ0n) is 16.7. The normalized spacial score (nSPS) is 15.0. The average molecular weight is 460 g/mol. The largest absolute Gasteiger partial charge is 0.451 e. The second-order valence-corrected chi connectivity index (χ2v) is 8.02. The van der Waals surface area contributed by atoms with Gasteiger partial charge in [-0.3, -0.25) is 4.79 Å². The van der Waals surface area contributed by atoms with Crippen LogP contribution in [0.15, 0.2) is 59.1 Å². The van der Waals surface area contributed by atoms with E-state index in [1.807, 2.05) is 36.4 Å². The number of halogens is 4. The highest BCUT2D eigenvalue weighted by Gasteiger charge is 2.33. The molecule has 1 amide bonds. The number of piperazine rings is 1. The lowest BCUT2D eigenvalue weighted by molar-refractivity contribution is -0.137. The zero-order valence-corrected chi connectivity index (χ0v) is 17.5. The number of aromatic nitrogens is 1. The van der Waals surface area contributed by atoms with E-state index < -0.39 is 11.7 Å². The molecule has 3 heterocycles. The van der Waals surface area contributed by atoms with Gasteiger partial charge in [0.15, 0.2) is 5.76 Å². The van der Waals surface area contributed by atoms with Crippen LogP contribution in [0, 0.1) is 0 Å². The van der Waals surface area contributed by atoms with Crippen LogP contribution in [0.3, 0.4) is 0 Å². The Kier molecular flexibility index (Phi) is 4.97. The number of nitrogens with zero attached hydrogens (tertiary/aromatic N) is 3. The number of alkyl halides is 3. The van der Waals surface area contributed by atoms with Gasteiger partial charge in [0.2, 0.25) is 0 Å². The lowest BCUT2D eigenvalue weighted by Gasteiger charge is -2.35. The molecule has 1 aliphatic rings. The van der Waals surface area contributed by atoms with Crippen molar-refractivity contribution >= 4 is 45.1 Å². The van der Waals surface area contributed by atoms with Gasteiger partial charge in [-0.05, 0) is 29.0 Å². The van der Waals surface area contributed by atoms with Crippen LogP contribution < -0.4 is 4.90 Å². The fourth-order valence-corrected chi connectivity index (χ4v) is 4.28. The van der Waals surface area contributed by atoms with E-state index >= 15 is 0 Å². The Bertz CT molecular complexity index is 1330. The summed E-state index contributed by atoms with van der Waals surface area (Å²) in [4.78, 5) is 20.4. The van der Waals surface area contributed by atoms with Crippen LogP contribution in [0.4, 0.5) is 19.0 Å². The summed E-state index contributed by atoms with van der Waals surface area (Å²) in [5.41, 5.74) is -0.246. The molecule has 0 unspecified atom stereocenters. The predicted molar refractivity (Wildman–Crippen MR) is 116 cm³/mol. The maximum Gasteiger partial charge on any atom is 0.417 e. The van der Waals surface area contributed by atoms with Crippen molar-refractivity contribution < 1.29 is 22.4 Å². The number of furan rings is 1. The molecule has 2 aromatic heterocycles. The Morgan fingerprint density at radius 3 is 2.47 bits per heavy atom. The minimum atomic E-state index is -4.50. The minimum Gasteiger partial charge on any atom is -0.451 e. The van der Waals surface area contributed by atoms with Gasteiger partial charge in [0, 0.05) is 37.8 Å². The molecule has 4 aromatic rings. The van der Waals surface area contributed by atoms with Crippen LogP contribution in [0.25, 0.3) is 21.7 Å². The van der Waals surface area contributed by atoms with Crippen molar-refractivity contribution in [3.63, 3.8) is 0 Å². The monoisotopic (exact) mass is 459 g/mol. The third-order valence-corrected chi connectivity index (χ3v) is 5.93. The van der Waals surface area contributed by atoms with Crippen molar-refractivity contribution in [1.82, 2.24) is 9.88 Å². The first kappa shape index (κ1) is 20.6. The molecule has 2 aromatic carbocycles. The fourth-order valence-electron chi connectivity index (χ4n) is 3.99. The van der Waals surface area contributed by atoms with Crippen LogP contribution in [0.2, 0.25) is 5.02 Å². The summed E-state index contributed by atoms with van der Waals surface area (Å²) in [6.07, 6.45) is -3.73. The molecule has 0 spiro atoms. The van der Waals surface area contributed by atoms with E-state index in [4.69, 9.17) is 16.0 Å². The topological polar surface area (TPSA) is 49.6 Å². The Morgan fingerprint density at radius 1 is 1.00 bits per heavy atom. The van der Waals surface area contributed by atoms with E-state index in [0.717, 1.165) is 28.4 Å². The average Bonchev–Trinajstić information content (AvgIpc) is 3.23. The van der Waals surface area contributed by atoms with Crippen LogP contribution in [-0.2, 0) is 6.18 Å². The molecule has 9 heteroatoms. The minimum absolute atomic E-state index is 0.0660. The van der Waals surface area contributed by atoms with E-state index in [1.165, 1.54) is 0 Å². The molecule has 0 N–H and O–H groups in total. The molecule has 0 bridgehead atoms. The summed E-state index contributed by atoms with van der Waals surface area (Å²) in [7, 11) is 0. The van der Waals surface area contributed by atoms with Gasteiger partial charge in [0.1, 0.15) is 11.4 Å². The van der Waals surface area contributed by atoms with E-state index in [-0.39, 0.29) is 22.5 Å². The van der Waals surface area contributed by atoms with Crippen molar-refractivity contribution in [2.75, 3.05) is 31.1 Å². The number of rotatable bonds is 2. The van der Waals surface area contributed by atoms with E-state index in [0.29, 0.717) is 31.8 Å². The van der Waals surface area contributed by atoms with Crippen molar-refractivity contribution in [2.24, 2.45) is 0 Å². The maximum absolute atomic E-state index is 13.0. The van der Waals surface area contributed by atoms with Crippen LogP contribution in [0.1, 0.15) is 16.1 Å². The molecule has 1 aliphatic heterocycles. The lowest BCUT2D eigenvalue weighted by Crippen LogP contribution is -2.49. The maximum atomic E-state index is 13.0. The number of amides is 1. The van der Waals surface area contributed by atoms with Crippen molar-refractivity contribution in [1.29, 1.82) is 0 Å². The van der Waals surface area contributed by atoms with Gasteiger partial charge in [-0.1, -0.05) is 41.9 Å². The number of carbonyl (C=O) groups excluding carboxylic acids is 1. The molecule has 1 fully saturated rings. The summed E-state index contributed by atoms with van der Waals surface area (Å²) < 4.78 is 44.3. The summed E-state index contributed by atoms with van der Waals surface area (Å²) >= 11 is 6.06. The Labute approximate surface area is 186 Å². The van der Waals surface area contributed by atoms with Gasteiger partial charge >= 0.3 is 6.18 Å². The molecule has 5 nitrogen and oxygen atoms in total. The van der Waals surface area contributed by atoms with Gasteiger partial charge in [-0.2, -0.15) is 13.2 Å². The Hall–Kier alpha value is -3.26. The summed E-state index contributed by atoms with van der Waals surface area (Å²) in [5, 5.41) is 2.89. The molecule has 0 aliphatic carbocycles. The number of pyridine rings is 1. The number of anilines is 1. The highest BCUT2D eigenvalue weighted by molar-refractivity contribution is 6.33. The van der Waals surface area contributed by atoms with Crippen molar-refractivity contribution in [3.8, 4) is 0 Å². The van der Waals surface area contributed by atoms with Gasteiger partial charge in [0.05, 0.1) is 10.6 Å². The predicted octanol–water partition coefficient (Wildman–Crippen LogP) is 5.62. The van der Waals surface area contributed by atoms with Gasteiger partial charge < -0.3 is 14.2 Å². The summed E-state index contributed by atoms with van der Waals surface area (Å²) in [6.45, 7) is 1.53. The highest BCUT2D eigenvalue weighted by Crippen LogP contribution is 2.34. The second-order valence-electron chi connectivity index (χ2n) is 7.62. The number of carbonyl (C=O) groups is 1. The number of hydrogen-bond donors (Lipinski definition) is 0. The first-order valence-corrected chi connectivity index (χ1v) is 10.4. The fraction of sp³-hybridized carbons (Fsp3) is 0.217.